The molecule has 0 bridgehead atoms. The summed E-state index contributed by atoms with van der Waals surface area (Å²) in [5, 5.41) is 0. The zero-order valence-corrected chi connectivity index (χ0v) is 9.94. The van der Waals surface area contributed by atoms with Crippen LogP contribution < -0.4 is 4.74 Å². The number of hydrogen-bond acceptors (Lipinski definition) is 1. The standard InChI is InChI=1S/C11H10BrF3O/c12-8-3-4-10(16-6-7-1-2-7)9(5-8)11(13,14)15/h3-5,7H,1-2,6H2. The van der Waals surface area contributed by atoms with Crippen molar-refractivity contribution in [1.29, 1.82) is 0 Å². The fraction of sp³-hybridized carbons (Fsp3) is 0.455. The Bertz CT molecular complexity index is 385. The molecule has 0 heterocycles. The van der Waals surface area contributed by atoms with Gasteiger partial charge in [-0.15, -0.1) is 0 Å². The first-order chi connectivity index (χ1) is 7.47. The monoisotopic (exact) mass is 294 g/mol. The summed E-state index contributed by atoms with van der Waals surface area (Å²) in [6.07, 6.45) is -2.27. The maximum Gasteiger partial charge on any atom is 0.420 e. The second-order valence-electron chi connectivity index (χ2n) is 3.89. The Kier molecular flexibility index (Phi) is 3.15. The quantitative estimate of drug-likeness (QED) is 0.809. The average Bonchev–Trinajstić information content (AvgIpc) is 2.98. The molecule has 1 aliphatic carbocycles. The molecule has 16 heavy (non-hydrogen) atoms. The Balaban J connectivity index is 2.20. The summed E-state index contributed by atoms with van der Waals surface area (Å²) in [6.45, 7) is 0.380. The van der Waals surface area contributed by atoms with E-state index in [1.165, 1.54) is 6.07 Å². The third-order valence-corrected chi connectivity index (χ3v) is 2.91. The van der Waals surface area contributed by atoms with E-state index < -0.39 is 11.7 Å². The third-order valence-electron chi connectivity index (χ3n) is 2.42. The number of hydrogen-bond donors (Lipinski definition) is 0. The van der Waals surface area contributed by atoms with E-state index in [2.05, 4.69) is 15.9 Å². The maximum atomic E-state index is 12.7. The van der Waals surface area contributed by atoms with E-state index >= 15 is 0 Å². The van der Waals surface area contributed by atoms with Crippen molar-refractivity contribution in [3.8, 4) is 5.75 Å². The highest BCUT2D eigenvalue weighted by molar-refractivity contribution is 9.10. The lowest BCUT2D eigenvalue weighted by Gasteiger charge is -2.14. The number of halogens is 4. The topological polar surface area (TPSA) is 9.23 Å². The predicted molar refractivity (Wildman–Crippen MR) is 57.4 cm³/mol. The average molecular weight is 295 g/mol. The van der Waals surface area contributed by atoms with Gasteiger partial charge < -0.3 is 4.74 Å². The number of rotatable bonds is 3. The number of benzene rings is 1. The van der Waals surface area contributed by atoms with Gasteiger partial charge in [-0.1, -0.05) is 15.9 Å². The van der Waals surface area contributed by atoms with Crippen molar-refractivity contribution < 1.29 is 17.9 Å². The maximum absolute atomic E-state index is 12.7. The summed E-state index contributed by atoms with van der Waals surface area (Å²) in [6, 6.07) is 3.95. The van der Waals surface area contributed by atoms with Crippen molar-refractivity contribution in [2.75, 3.05) is 6.61 Å². The normalized spacial score (nSPS) is 16.2. The van der Waals surface area contributed by atoms with Gasteiger partial charge in [0.25, 0.3) is 0 Å². The summed E-state index contributed by atoms with van der Waals surface area (Å²) in [7, 11) is 0. The van der Waals surface area contributed by atoms with E-state index in [1.54, 1.807) is 6.07 Å². The molecule has 0 amide bonds. The van der Waals surface area contributed by atoms with Crippen LogP contribution in [-0.2, 0) is 6.18 Å². The minimum absolute atomic E-state index is 0.0809. The minimum atomic E-state index is -4.37. The van der Waals surface area contributed by atoms with Crippen molar-refractivity contribution in [1.82, 2.24) is 0 Å². The first kappa shape index (κ1) is 11.8. The molecule has 1 aliphatic rings. The Labute approximate surface area is 99.7 Å². The van der Waals surface area contributed by atoms with Gasteiger partial charge in [0.1, 0.15) is 5.75 Å². The Hall–Kier alpha value is -0.710. The van der Waals surface area contributed by atoms with Gasteiger partial charge >= 0.3 is 6.18 Å². The highest BCUT2D eigenvalue weighted by atomic mass is 79.9. The molecule has 0 radical (unpaired) electrons. The summed E-state index contributed by atoms with van der Waals surface area (Å²) in [4.78, 5) is 0. The molecule has 0 aromatic heterocycles. The fourth-order valence-electron chi connectivity index (χ4n) is 1.34. The summed E-state index contributed by atoms with van der Waals surface area (Å²) < 4.78 is 43.6. The smallest absolute Gasteiger partial charge is 0.420 e. The predicted octanol–water partition coefficient (Wildman–Crippen LogP) is 4.26. The van der Waals surface area contributed by atoms with Gasteiger partial charge in [0, 0.05) is 4.47 Å². The molecule has 88 valence electrons. The molecule has 2 rings (SSSR count). The lowest BCUT2D eigenvalue weighted by molar-refractivity contribution is -0.139. The van der Waals surface area contributed by atoms with E-state index in [4.69, 9.17) is 4.74 Å². The molecule has 0 unspecified atom stereocenters. The largest absolute Gasteiger partial charge is 0.493 e. The van der Waals surface area contributed by atoms with Crippen LogP contribution in [0.5, 0.6) is 5.75 Å². The summed E-state index contributed by atoms with van der Waals surface area (Å²) in [5.74, 6) is 0.354. The molecule has 0 saturated heterocycles. The van der Waals surface area contributed by atoms with Crippen LogP contribution in [0.15, 0.2) is 22.7 Å². The van der Waals surface area contributed by atoms with Crippen molar-refractivity contribution in [2.24, 2.45) is 5.92 Å². The van der Waals surface area contributed by atoms with Crippen molar-refractivity contribution in [3.05, 3.63) is 28.2 Å². The van der Waals surface area contributed by atoms with Gasteiger partial charge in [0.05, 0.1) is 12.2 Å². The van der Waals surface area contributed by atoms with Crippen molar-refractivity contribution in [2.45, 2.75) is 19.0 Å². The van der Waals surface area contributed by atoms with Gasteiger partial charge in [-0.3, -0.25) is 0 Å². The summed E-state index contributed by atoms with van der Waals surface area (Å²) in [5.41, 5.74) is -0.720. The molecule has 1 aromatic carbocycles. The Morgan fingerprint density at radius 3 is 2.56 bits per heavy atom. The molecule has 1 nitrogen and oxygen atoms in total. The molecule has 1 fully saturated rings. The van der Waals surface area contributed by atoms with E-state index in [0.717, 1.165) is 18.9 Å². The van der Waals surface area contributed by atoms with Crippen molar-refractivity contribution in [3.63, 3.8) is 0 Å². The van der Waals surface area contributed by atoms with Crippen molar-refractivity contribution >= 4 is 15.9 Å². The first-order valence-corrected chi connectivity index (χ1v) is 5.75. The Morgan fingerprint density at radius 2 is 2.00 bits per heavy atom. The number of alkyl halides is 3. The zero-order chi connectivity index (χ0) is 11.8. The van der Waals surface area contributed by atoms with Crippen LogP contribution in [0.2, 0.25) is 0 Å². The second-order valence-corrected chi connectivity index (χ2v) is 4.81. The molecule has 0 aliphatic heterocycles. The molecule has 0 spiro atoms. The highest BCUT2D eigenvalue weighted by Gasteiger charge is 2.35. The van der Waals surface area contributed by atoms with Crippen LogP contribution in [0.4, 0.5) is 13.2 Å². The van der Waals surface area contributed by atoms with Crippen LogP contribution in [-0.4, -0.2) is 6.61 Å². The summed E-state index contributed by atoms with van der Waals surface area (Å²) >= 11 is 3.03. The first-order valence-electron chi connectivity index (χ1n) is 4.96. The second kappa shape index (κ2) is 4.28. The van der Waals surface area contributed by atoms with Gasteiger partial charge in [0.15, 0.2) is 0 Å². The Morgan fingerprint density at radius 1 is 1.31 bits per heavy atom. The molecule has 0 atom stereocenters. The zero-order valence-electron chi connectivity index (χ0n) is 8.35. The molecule has 5 heteroatoms. The molecular formula is C11H10BrF3O. The fourth-order valence-corrected chi connectivity index (χ4v) is 1.70. The van der Waals surface area contributed by atoms with Crippen LogP contribution in [0.1, 0.15) is 18.4 Å². The van der Waals surface area contributed by atoms with Crippen LogP contribution in [0.3, 0.4) is 0 Å². The van der Waals surface area contributed by atoms with Gasteiger partial charge in [0.2, 0.25) is 0 Å². The molecule has 1 aromatic rings. The van der Waals surface area contributed by atoms with Crippen LogP contribution in [0.25, 0.3) is 0 Å². The molecule has 0 N–H and O–H groups in total. The van der Waals surface area contributed by atoms with Gasteiger partial charge in [-0.25, -0.2) is 0 Å². The SMILES string of the molecule is FC(F)(F)c1cc(Br)ccc1OCC1CC1. The van der Waals surface area contributed by atoms with E-state index in [9.17, 15) is 13.2 Å². The lowest BCUT2D eigenvalue weighted by Crippen LogP contribution is -2.10. The van der Waals surface area contributed by atoms with Crippen LogP contribution in [0, 0.1) is 5.92 Å². The third kappa shape index (κ3) is 2.90. The lowest BCUT2D eigenvalue weighted by atomic mass is 10.2. The van der Waals surface area contributed by atoms with Crippen LogP contribution >= 0.6 is 15.9 Å². The van der Waals surface area contributed by atoms with E-state index in [-0.39, 0.29) is 5.75 Å². The van der Waals surface area contributed by atoms with Gasteiger partial charge in [-0.2, -0.15) is 13.2 Å². The number of ether oxygens (including phenoxy) is 1. The minimum Gasteiger partial charge on any atom is -0.493 e. The van der Waals surface area contributed by atoms with E-state index in [1.807, 2.05) is 0 Å². The van der Waals surface area contributed by atoms with E-state index in [0.29, 0.717) is 17.0 Å². The highest BCUT2D eigenvalue weighted by Crippen LogP contribution is 2.39. The molecular weight excluding hydrogens is 285 g/mol. The molecule has 1 saturated carbocycles. The van der Waals surface area contributed by atoms with Gasteiger partial charge in [-0.05, 0) is 37.0 Å².